The number of methoxy groups -OCH3 is 1. The third-order valence-corrected chi connectivity index (χ3v) is 4.73. The summed E-state index contributed by atoms with van der Waals surface area (Å²) in [5, 5.41) is 3.36. The van der Waals surface area contributed by atoms with Crippen LogP contribution in [0.15, 0.2) is 72.9 Å². The topological polar surface area (TPSA) is 54.5 Å². The number of pyridine rings is 1. The molecule has 0 saturated heterocycles. The molecule has 0 saturated carbocycles. The van der Waals surface area contributed by atoms with E-state index in [9.17, 15) is 4.79 Å². The smallest absolute Gasteiger partial charge is 0.273 e. The predicted octanol–water partition coefficient (Wildman–Crippen LogP) is 4.75. The van der Waals surface area contributed by atoms with Gasteiger partial charge in [0, 0.05) is 36.6 Å². The Bertz CT molecular complexity index is 942. The largest absolute Gasteiger partial charge is 0.496 e. The Morgan fingerprint density at radius 2 is 1.79 bits per heavy atom. The molecule has 0 spiro atoms. The number of nitrogens with one attached hydrogen (secondary N) is 1. The SMILES string of the molecule is COc1ccccc1CNc1ccnc(C(=O)N(Cc2ccccc2)C(C)C)c1. The van der Waals surface area contributed by atoms with Crippen LogP contribution in [0, 0.1) is 0 Å². The van der Waals surface area contributed by atoms with E-state index in [-0.39, 0.29) is 11.9 Å². The molecule has 5 heteroatoms. The molecule has 3 aromatic rings. The lowest BCUT2D eigenvalue weighted by Gasteiger charge is -2.26. The number of para-hydroxylation sites is 1. The number of ether oxygens (including phenoxy) is 1. The van der Waals surface area contributed by atoms with Crippen LogP contribution in [-0.2, 0) is 13.1 Å². The first-order valence-electron chi connectivity index (χ1n) is 9.75. The first-order chi connectivity index (χ1) is 14.1. The van der Waals surface area contributed by atoms with Crippen molar-refractivity contribution in [3.63, 3.8) is 0 Å². The van der Waals surface area contributed by atoms with Crippen molar-refractivity contribution in [1.29, 1.82) is 0 Å². The van der Waals surface area contributed by atoms with E-state index in [4.69, 9.17) is 4.74 Å². The van der Waals surface area contributed by atoms with Gasteiger partial charge in [-0.1, -0.05) is 48.5 Å². The second-order valence-corrected chi connectivity index (χ2v) is 7.11. The number of nitrogens with zero attached hydrogens (tertiary/aromatic N) is 2. The van der Waals surface area contributed by atoms with E-state index in [1.54, 1.807) is 19.4 Å². The first-order valence-corrected chi connectivity index (χ1v) is 9.75. The van der Waals surface area contributed by atoms with Crippen molar-refractivity contribution >= 4 is 11.6 Å². The second kappa shape index (κ2) is 9.73. The van der Waals surface area contributed by atoms with Crippen LogP contribution in [0.25, 0.3) is 0 Å². The van der Waals surface area contributed by atoms with Gasteiger partial charge >= 0.3 is 0 Å². The molecule has 2 aromatic carbocycles. The molecule has 3 rings (SSSR count). The lowest BCUT2D eigenvalue weighted by molar-refractivity contribution is 0.0684. The van der Waals surface area contributed by atoms with Crippen molar-refractivity contribution in [3.8, 4) is 5.75 Å². The van der Waals surface area contributed by atoms with Crippen molar-refractivity contribution < 1.29 is 9.53 Å². The highest BCUT2D eigenvalue weighted by Crippen LogP contribution is 2.20. The lowest BCUT2D eigenvalue weighted by atomic mass is 10.1. The zero-order valence-electron chi connectivity index (χ0n) is 17.1. The molecule has 150 valence electrons. The summed E-state index contributed by atoms with van der Waals surface area (Å²) >= 11 is 0. The minimum absolute atomic E-state index is 0.0645. The van der Waals surface area contributed by atoms with E-state index in [2.05, 4.69) is 10.3 Å². The van der Waals surface area contributed by atoms with Gasteiger partial charge < -0.3 is 15.0 Å². The van der Waals surface area contributed by atoms with E-state index < -0.39 is 0 Å². The molecular weight excluding hydrogens is 362 g/mol. The number of amides is 1. The Morgan fingerprint density at radius 1 is 1.07 bits per heavy atom. The van der Waals surface area contributed by atoms with Gasteiger partial charge in [0.2, 0.25) is 0 Å². The number of aromatic nitrogens is 1. The maximum Gasteiger partial charge on any atom is 0.273 e. The van der Waals surface area contributed by atoms with E-state index in [1.165, 1.54) is 0 Å². The van der Waals surface area contributed by atoms with Crippen molar-refractivity contribution in [2.45, 2.75) is 33.0 Å². The minimum Gasteiger partial charge on any atom is -0.496 e. The molecule has 0 aliphatic heterocycles. The average Bonchev–Trinajstić information content (AvgIpc) is 2.76. The molecular formula is C24H27N3O2. The monoisotopic (exact) mass is 389 g/mol. The Labute approximate surface area is 172 Å². The number of anilines is 1. The summed E-state index contributed by atoms with van der Waals surface area (Å²) < 4.78 is 5.40. The van der Waals surface area contributed by atoms with Crippen LogP contribution in [-0.4, -0.2) is 28.9 Å². The fourth-order valence-corrected chi connectivity index (χ4v) is 3.12. The van der Waals surface area contributed by atoms with Crippen molar-refractivity contribution in [1.82, 2.24) is 9.88 Å². The molecule has 0 fully saturated rings. The van der Waals surface area contributed by atoms with E-state index in [0.717, 1.165) is 22.6 Å². The van der Waals surface area contributed by atoms with E-state index in [1.807, 2.05) is 79.4 Å². The fraction of sp³-hybridized carbons (Fsp3) is 0.250. The number of hydrogen-bond acceptors (Lipinski definition) is 4. The second-order valence-electron chi connectivity index (χ2n) is 7.11. The zero-order chi connectivity index (χ0) is 20.6. The third-order valence-electron chi connectivity index (χ3n) is 4.73. The molecule has 1 aromatic heterocycles. The summed E-state index contributed by atoms with van der Waals surface area (Å²) in [6, 6.07) is 21.6. The molecule has 0 bridgehead atoms. The molecule has 5 nitrogen and oxygen atoms in total. The van der Waals surface area contributed by atoms with Crippen LogP contribution in [0.3, 0.4) is 0 Å². The highest BCUT2D eigenvalue weighted by molar-refractivity contribution is 5.93. The summed E-state index contributed by atoms with van der Waals surface area (Å²) in [5.41, 5.74) is 3.42. The maximum atomic E-state index is 13.1. The molecule has 29 heavy (non-hydrogen) atoms. The van der Waals surface area contributed by atoms with E-state index in [0.29, 0.717) is 18.8 Å². The van der Waals surface area contributed by atoms with E-state index >= 15 is 0 Å². The molecule has 1 N–H and O–H groups in total. The average molecular weight is 389 g/mol. The van der Waals surface area contributed by atoms with Gasteiger partial charge in [-0.3, -0.25) is 9.78 Å². The molecule has 0 atom stereocenters. The first kappa shape index (κ1) is 20.4. The summed E-state index contributed by atoms with van der Waals surface area (Å²) in [6.45, 7) is 5.19. The highest BCUT2D eigenvalue weighted by atomic mass is 16.5. The summed E-state index contributed by atoms with van der Waals surface area (Å²) in [4.78, 5) is 19.3. The van der Waals surface area contributed by atoms with Crippen LogP contribution < -0.4 is 10.1 Å². The molecule has 1 heterocycles. The summed E-state index contributed by atoms with van der Waals surface area (Å²) in [7, 11) is 1.66. The van der Waals surface area contributed by atoms with Crippen molar-refractivity contribution in [3.05, 3.63) is 89.7 Å². The standard InChI is InChI=1S/C24H27N3O2/c1-18(2)27(17-19-9-5-4-6-10-19)24(28)22-15-21(13-14-25-22)26-16-20-11-7-8-12-23(20)29-3/h4-15,18H,16-17H2,1-3H3,(H,25,26). The number of hydrogen-bond donors (Lipinski definition) is 1. The number of rotatable bonds is 8. The molecule has 0 aliphatic carbocycles. The third kappa shape index (κ3) is 5.35. The number of carbonyl (C=O) groups is 1. The minimum atomic E-state index is -0.0789. The van der Waals surface area contributed by atoms with Gasteiger partial charge in [-0.15, -0.1) is 0 Å². The number of carbonyl (C=O) groups excluding carboxylic acids is 1. The zero-order valence-corrected chi connectivity index (χ0v) is 17.1. The van der Waals surface area contributed by atoms with Gasteiger partial charge in [0.1, 0.15) is 11.4 Å². The Balaban J connectivity index is 1.73. The van der Waals surface area contributed by atoms with Crippen LogP contribution in [0.4, 0.5) is 5.69 Å². The maximum absolute atomic E-state index is 13.1. The van der Waals surface area contributed by atoms with Crippen LogP contribution >= 0.6 is 0 Å². The Morgan fingerprint density at radius 3 is 2.52 bits per heavy atom. The van der Waals surface area contributed by atoms with Crippen LogP contribution in [0.1, 0.15) is 35.5 Å². The van der Waals surface area contributed by atoms with Gasteiger partial charge in [-0.25, -0.2) is 0 Å². The van der Waals surface area contributed by atoms with Gasteiger partial charge in [-0.05, 0) is 37.6 Å². The normalized spacial score (nSPS) is 10.6. The summed E-state index contributed by atoms with van der Waals surface area (Å²) in [6.07, 6.45) is 1.67. The Hall–Kier alpha value is -3.34. The van der Waals surface area contributed by atoms with Gasteiger partial charge in [-0.2, -0.15) is 0 Å². The van der Waals surface area contributed by atoms with Crippen LogP contribution in [0.5, 0.6) is 5.75 Å². The van der Waals surface area contributed by atoms with Gasteiger partial charge in [0.05, 0.1) is 7.11 Å². The highest BCUT2D eigenvalue weighted by Gasteiger charge is 2.20. The molecule has 1 amide bonds. The van der Waals surface area contributed by atoms with Crippen molar-refractivity contribution in [2.75, 3.05) is 12.4 Å². The van der Waals surface area contributed by atoms with Gasteiger partial charge in [0.25, 0.3) is 5.91 Å². The molecule has 0 aliphatic rings. The number of benzene rings is 2. The fourth-order valence-electron chi connectivity index (χ4n) is 3.12. The lowest BCUT2D eigenvalue weighted by Crippen LogP contribution is -2.36. The van der Waals surface area contributed by atoms with Gasteiger partial charge in [0.15, 0.2) is 0 Å². The van der Waals surface area contributed by atoms with Crippen molar-refractivity contribution in [2.24, 2.45) is 0 Å². The molecule has 0 unspecified atom stereocenters. The Kier molecular flexibility index (Phi) is 6.85. The molecule has 0 radical (unpaired) electrons. The van der Waals surface area contributed by atoms with Crippen LogP contribution in [0.2, 0.25) is 0 Å². The summed E-state index contributed by atoms with van der Waals surface area (Å²) in [5.74, 6) is 0.754. The quantitative estimate of drug-likeness (QED) is 0.604. The predicted molar refractivity (Wildman–Crippen MR) is 116 cm³/mol.